The van der Waals surface area contributed by atoms with Crippen molar-refractivity contribution >= 4 is 17.7 Å². The molecule has 0 aromatic heterocycles. The van der Waals surface area contributed by atoms with Gasteiger partial charge in [0.15, 0.2) is 0 Å². The highest BCUT2D eigenvalue weighted by molar-refractivity contribution is 8.00. The molecule has 0 spiro atoms. The summed E-state index contributed by atoms with van der Waals surface area (Å²) in [6.45, 7) is 0. The van der Waals surface area contributed by atoms with Gasteiger partial charge in [0, 0.05) is 6.04 Å². The van der Waals surface area contributed by atoms with Crippen LogP contribution in [-0.2, 0) is 4.79 Å². The van der Waals surface area contributed by atoms with Crippen molar-refractivity contribution in [2.75, 3.05) is 5.75 Å². The number of hydrogen-bond donors (Lipinski definition) is 1. The van der Waals surface area contributed by atoms with Crippen LogP contribution in [0.2, 0.25) is 0 Å². The number of hydrogen-bond acceptors (Lipinski definition) is 2. The summed E-state index contributed by atoms with van der Waals surface area (Å²) >= 11 is 1.84. The molecule has 2 fully saturated rings. The monoisotopic (exact) mass is 213 g/mol. The summed E-state index contributed by atoms with van der Waals surface area (Å²) in [5, 5.41) is 3.44. The molecular weight excluding hydrogens is 194 g/mol. The van der Waals surface area contributed by atoms with Crippen molar-refractivity contribution in [1.82, 2.24) is 5.32 Å². The smallest absolute Gasteiger partial charge is 0.233 e. The van der Waals surface area contributed by atoms with E-state index in [1.165, 1.54) is 44.3 Å². The van der Waals surface area contributed by atoms with Crippen molar-refractivity contribution in [2.24, 2.45) is 0 Å². The third kappa shape index (κ3) is 2.66. The zero-order valence-corrected chi connectivity index (χ0v) is 9.44. The van der Waals surface area contributed by atoms with Crippen molar-refractivity contribution in [3.8, 4) is 0 Å². The zero-order valence-electron chi connectivity index (χ0n) is 8.63. The van der Waals surface area contributed by atoms with Crippen LogP contribution >= 0.6 is 11.8 Å². The first-order valence-corrected chi connectivity index (χ1v) is 6.83. The van der Waals surface area contributed by atoms with Crippen molar-refractivity contribution in [3.05, 3.63) is 0 Å². The first-order chi connectivity index (χ1) is 6.86. The van der Waals surface area contributed by atoms with Crippen molar-refractivity contribution in [2.45, 2.75) is 56.2 Å². The molecule has 3 heteroatoms. The summed E-state index contributed by atoms with van der Waals surface area (Å²) in [6.07, 6.45) is 8.59. The van der Waals surface area contributed by atoms with Crippen LogP contribution in [0.5, 0.6) is 0 Å². The van der Waals surface area contributed by atoms with E-state index in [1.54, 1.807) is 0 Å². The first kappa shape index (κ1) is 10.3. The molecule has 2 aliphatic rings. The van der Waals surface area contributed by atoms with Crippen LogP contribution in [-0.4, -0.2) is 23.0 Å². The summed E-state index contributed by atoms with van der Waals surface area (Å²) in [6, 6.07) is 0.491. The van der Waals surface area contributed by atoms with Gasteiger partial charge < -0.3 is 5.32 Å². The van der Waals surface area contributed by atoms with Crippen molar-refractivity contribution in [3.63, 3.8) is 0 Å². The fourth-order valence-corrected chi connectivity index (χ4v) is 3.52. The second kappa shape index (κ2) is 5.06. The van der Waals surface area contributed by atoms with E-state index in [9.17, 15) is 4.79 Å². The minimum atomic E-state index is 0.254. The van der Waals surface area contributed by atoms with Gasteiger partial charge in [-0.2, -0.15) is 0 Å². The van der Waals surface area contributed by atoms with E-state index in [2.05, 4.69) is 5.32 Å². The fourth-order valence-electron chi connectivity index (χ4n) is 2.31. The topological polar surface area (TPSA) is 29.1 Å². The highest BCUT2D eigenvalue weighted by atomic mass is 32.2. The second-order valence-corrected chi connectivity index (χ2v) is 5.66. The molecule has 1 saturated carbocycles. The van der Waals surface area contributed by atoms with Gasteiger partial charge in [-0.25, -0.2) is 0 Å². The van der Waals surface area contributed by atoms with Crippen molar-refractivity contribution in [1.29, 1.82) is 0 Å². The summed E-state index contributed by atoms with van der Waals surface area (Å²) in [5.74, 6) is 1.48. The molecule has 1 N–H and O–H groups in total. The van der Waals surface area contributed by atoms with Gasteiger partial charge in [-0.3, -0.25) is 4.79 Å². The van der Waals surface area contributed by atoms with E-state index in [4.69, 9.17) is 0 Å². The Labute approximate surface area is 90.2 Å². The summed E-state index contributed by atoms with van der Waals surface area (Å²) < 4.78 is 0. The maximum Gasteiger partial charge on any atom is 0.233 e. The third-order valence-electron chi connectivity index (χ3n) is 3.17. The van der Waals surface area contributed by atoms with E-state index < -0.39 is 0 Å². The molecule has 0 radical (unpaired) electrons. The summed E-state index contributed by atoms with van der Waals surface area (Å²) in [7, 11) is 0. The Morgan fingerprint density at radius 2 is 1.79 bits per heavy atom. The number of nitrogens with one attached hydrogen (secondary N) is 1. The van der Waals surface area contributed by atoms with E-state index in [1.807, 2.05) is 11.8 Å². The van der Waals surface area contributed by atoms with Gasteiger partial charge in [0.2, 0.25) is 5.91 Å². The molecule has 1 amide bonds. The Bertz CT molecular complexity index is 195. The molecule has 2 rings (SSSR count). The number of carbonyl (C=O) groups excluding carboxylic acids is 1. The van der Waals surface area contributed by atoms with Crippen molar-refractivity contribution < 1.29 is 4.79 Å². The maximum absolute atomic E-state index is 11.8. The Hall–Kier alpha value is -0.180. The minimum absolute atomic E-state index is 0.254. The van der Waals surface area contributed by atoms with Crippen LogP contribution in [0.25, 0.3) is 0 Å². The van der Waals surface area contributed by atoms with Crippen LogP contribution in [0.1, 0.15) is 44.9 Å². The molecule has 1 heterocycles. The van der Waals surface area contributed by atoms with Gasteiger partial charge in [0.25, 0.3) is 0 Å². The van der Waals surface area contributed by atoms with Crippen LogP contribution < -0.4 is 5.32 Å². The van der Waals surface area contributed by atoms with Gasteiger partial charge in [-0.05, 0) is 31.4 Å². The Morgan fingerprint density at radius 3 is 2.43 bits per heavy atom. The molecule has 1 unspecified atom stereocenters. The first-order valence-electron chi connectivity index (χ1n) is 5.78. The number of thioether (sulfide) groups is 1. The summed E-state index contributed by atoms with van der Waals surface area (Å²) in [4.78, 5) is 11.8. The maximum atomic E-state index is 11.8. The Balaban J connectivity index is 1.75. The molecule has 0 aromatic rings. The lowest BCUT2D eigenvalue weighted by Crippen LogP contribution is -2.39. The van der Waals surface area contributed by atoms with Gasteiger partial charge in [-0.15, -0.1) is 11.8 Å². The largest absolute Gasteiger partial charge is 0.352 e. The van der Waals surface area contributed by atoms with Crippen LogP contribution in [0.4, 0.5) is 0 Å². The lowest BCUT2D eigenvalue weighted by atomic mass is 10.1. The quantitative estimate of drug-likeness (QED) is 0.763. The van der Waals surface area contributed by atoms with Crippen LogP contribution in [0.3, 0.4) is 0 Å². The predicted molar refractivity (Wildman–Crippen MR) is 60.5 cm³/mol. The highest BCUT2D eigenvalue weighted by Gasteiger charge is 2.24. The molecule has 1 aliphatic carbocycles. The normalized spacial score (nSPS) is 29.0. The predicted octanol–water partition coefficient (Wildman–Crippen LogP) is 2.33. The second-order valence-electron chi connectivity index (χ2n) is 4.35. The van der Waals surface area contributed by atoms with Gasteiger partial charge >= 0.3 is 0 Å². The van der Waals surface area contributed by atoms with Crippen LogP contribution in [0.15, 0.2) is 0 Å². The van der Waals surface area contributed by atoms with Gasteiger partial charge in [-0.1, -0.05) is 19.3 Å². The summed E-state index contributed by atoms with van der Waals surface area (Å²) in [5.41, 5.74) is 0. The lowest BCUT2D eigenvalue weighted by Gasteiger charge is -2.22. The molecule has 2 nitrogen and oxygen atoms in total. The standard InChI is InChI=1S/C11H19NOS/c13-11(10-7-3-4-8-14-10)12-9-5-1-2-6-9/h9-10H,1-8H2,(H,12,13). The fraction of sp³-hybridized carbons (Fsp3) is 0.909. The molecule has 80 valence electrons. The van der Waals surface area contributed by atoms with Crippen LogP contribution in [0, 0.1) is 0 Å². The molecule has 14 heavy (non-hydrogen) atoms. The molecule has 1 saturated heterocycles. The average Bonchev–Trinajstić information content (AvgIpc) is 2.72. The molecule has 0 bridgehead atoms. The van der Waals surface area contributed by atoms with E-state index in [0.717, 1.165) is 6.42 Å². The zero-order chi connectivity index (χ0) is 9.80. The number of rotatable bonds is 2. The molecule has 1 atom stereocenters. The highest BCUT2D eigenvalue weighted by Crippen LogP contribution is 2.26. The third-order valence-corrected chi connectivity index (χ3v) is 4.55. The van der Waals surface area contributed by atoms with E-state index in [0.29, 0.717) is 11.9 Å². The van der Waals surface area contributed by atoms with Gasteiger partial charge in [0.05, 0.1) is 5.25 Å². The van der Waals surface area contributed by atoms with Gasteiger partial charge in [0.1, 0.15) is 0 Å². The minimum Gasteiger partial charge on any atom is -0.352 e. The molecule has 1 aliphatic heterocycles. The van der Waals surface area contributed by atoms with E-state index in [-0.39, 0.29) is 5.25 Å². The SMILES string of the molecule is O=C(NC1CCCC1)C1CCCCS1. The molecular formula is C11H19NOS. The lowest BCUT2D eigenvalue weighted by molar-refractivity contribution is -0.121. The number of carbonyl (C=O) groups is 1. The average molecular weight is 213 g/mol. The Kier molecular flexibility index (Phi) is 3.74. The Morgan fingerprint density at radius 1 is 1.07 bits per heavy atom. The van der Waals surface area contributed by atoms with E-state index >= 15 is 0 Å². The number of amides is 1. The molecule has 0 aromatic carbocycles.